The lowest BCUT2D eigenvalue weighted by atomic mass is 10.0. The summed E-state index contributed by atoms with van der Waals surface area (Å²) in [7, 11) is -4.35. The molecule has 0 saturated heterocycles. The van der Waals surface area contributed by atoms with Crippen LogP contribution in [0.3, 0.4) is 0 Å². The topological polar surface area (TPSA) is 134 Å². The summed E-state index contributed by atoms with van der Waals surface area (Å²) >= 11 is 0. The second kappa shape index (κ2) is 32.0. The Balaban J connectivity index is 4.04. The fraction of sp³-hybridized carbons (Fsp3) is 0.941. The van der Waals surface area contributed by atoms with Gasteiger partial charge in [0.15, 0.2) is 6.10 Å². The van der Waals surface area contributed by atoms with E-state index in [4.69, 9.17) is 24.3 Å². The highest BCUT2D eigenvalue weighted by Gasteiger charge is 2.25. The fourth-order valence-corrected chi connectivity index (χ4v) is 5.81. The summed E-state index contributed by atoms with van der Waals surface area (Å²) in [5.41, 5.74) is 5.30. The number of hydrogen-bond acceptors (Lipinski definition) is 8. The van der Waals surface area contributed by atoms with Gasteiger partial charge in [0.1, 0.15) is 6.61 Å². The SMILES string of the molecule is CCCCCCCCCCCCCCCCCCCCC(=O)OC(COC(=O)CCCCCCC)COP(=O)(O)OCCN. The van der Waals surface area contributed by atoms with Crippen LogP contribution in [0.5, 0.6) is 0 Å². The molecule has 0 amide bonds. The smallest absolute Gasteiger partial charge is 0.462 e. The van der Waals surface area contributed by atoms with Crippen molar-refractivity contribution < 1.29 is 37.6 Å². The van der Waals surface area contributed by atoms with Gasteiger partial charge >= 0.3 is 19.8 Å². The van der Waals surface area contributed by atoms with E-state index >= 15 is 0 Å². The van der Waals surface area contributed by atoms with Crippen LogP contribution in [0.15, 0.2) is 0 Å². The van der Waals surface area contributed by atoms with E-state index < -0.39 is 32.5 Å². The molecule has 262 valence electrons. The molecular formula is C34H68NO8P. The molecule has 0 aromatic rings. The molecule has 0 radical (unpaired) electrons. The molecular weight excluding hydrogens is 581 g/mol. The zero-order chi connectivity index (χ0) is 32.6. The third-order valence-corrected chi connectivity index (χ3v) is 8.73. The molecule has 0 aliphatic carbocycles. The van der Waals surface area contributed by atoms with Gasteiger partial charge < -0.3 is 20.1 Å². The van der Waals surface area contributed by atoms with Crippen molar-refractivity contribution in [3.63, 3.8) is 0 Å². The third kappa shape index (κ3) is 31.0. The molecule has 44 heavy (non-hydrogen) atoms. The van der Waals surface area contributed by atoms with Crippen LogP contribution in [0.1, 0.15) is 174 Å². The van der Waals surface area contributed by atoms with Crippen molar-refractivity contribution in [1.29, 1.82) is 0 Å². The number of phosphoric acid groups is 1. The molecule has 0 aliphatic heterocycles. The number of nitrogens with two attached hydrogens (primary N) is 1. The van der Waals surface area contributed by atoms with Gasteiger partial charge in [-0.05, 0) is 12.8 Å². The van der Waals surface area contributed by atoms with Crippen LogP contribution in [0, 0.1) is 0 Å². The highest BCUT2D eigenvalue weighted by Crippen LogP contribution is 2.43. The molecule has 0 aromatic heterocycles. The van der Waals surface area contributed by atoms with Gasteiger partial charge in [0.25, 0.3) is 0 Å². The van der Waals surface area contributed by atoms with E-state index in [0.29, 0.717) is 6.42 Å². The van der Waals surface area contributed by atoms with Crippen LogP contribution in [0.25, 0.3) is 0 Å². The van der Waals surface area contributed by atoms with Crippen molar-refractivity contribution in [3.8, 4) is 0 Å². The lowest BCUT2D eigenvalue weighted by Crippen LogP contribution is -2.29. The maximum Gasteiger partial charge on any atom is 0.472 e. The number of carbonyl (C=O) groups excluding carboxylic acids is 2. The predicted octanol–water partition coefficient (Wildman–Crippen LogP) is 9.33. The van der Waals surface area contributed by atoms with Gasteiger partial charge in [-0.2, -0.15) is 0 Å². The Labute approximate surface area is 269 Å². The summed E-state index contributed by atoms with van der Waals surface area (Å²) in [4.78, 5) is 34.3. The van der Waals surface area contributed by atoms with E-state index in [1.165, 1.54) is 96.3 Å². The molecule has 0 heterocycles. The molecule has 9 nitrogen and oxygen atoms in total. The maximum atomic E-state index is 12.4. The zero-order valence-corrected chi connectivity index (χ0v) is 29.3. The van der Waals surface area contributed by atoms with Crippen molar-refractivity contribution in [3.05, 3.63) is 0 Å². The van der Waals surface area contributed by atoms with E-state index in [9.17, 15) is 19.0 Å². The second-order valence-corrected chi connectivity index (χ2v) is 13.6. The highest BCUT2D eigenvalue weighted by molar-refractivity contribution is 7.47. The number of phosphoric ester groups is 1. The number of esters is 2. The molecule has 10 heteroatoms. The molecule has 0 aromatic carbocycles. The van der Waals surface area contributed by atoms with Gasteiger partial charge in [-0.3, -0.25) is 18.6 Å². The van der Waals surface area contributed by atoms with Gasteiger partial charge in [-0.15, -0.1) is 0 Å². The Morgan fingerprint density at radius 1 is 0.591 bits per heavy atom. The first-order valence-corrected chi connectivity index (χ1v) is 19.5. The lowest BCUT2D eigenvalue weighted by molar-refractivity contribution is -0.161. The molecule has 2 atom stereocenters. The predicted molar refractivity (Wildman–Crippen MR) is 178 cm³/mol. The average Bonchev–Trinajstić information content (AvgIpc) is 3.00. The number of ether oxygens (including phenoxy) is 2. The van der Waals surface area contributed by atoms with Crippen LogP contribution < -0.4 is 5.73 Å². The van der Waals surface area contributed by atoms with Crippen molar-refractivity contribution in [2.75, 3.05) is 26.4 Å². The zero-order valence-electron chi connectivity index (χ0n) is 28.4. The van der Waals surface area contributed by atoms with Crippen LogP contribution in [-0.2, 0) is 32.7 Å². The summed E-state index contributed by atoms with van der Waals surface area (Å²) in [5, 5.41) is 0. The number of hydrogen-bond donors (Lipinski definition) is 2. The molecule has 0 spiro atoms. The van der Waals surface area contributed by atoms with E-state index in [2.05, 4.69) is 13.8 Å². The largest absolute Gasteiger partial charge is 0.472 e. The lowest BCUT2D eigenvalue weighted by Gasteiger charge is -2.19. The average molecular weight is 650 g/mol. The molecule has 2 unspecified atom stereocenters. The van der Waals surface area contributed by atoms with Gasteiger partial charge in [-0.25, -0.2) is 4.57 Å². The fourth-order valence-electron chi connectivity index (χ4n) is 5.05. The van der Waals surface area contributed by atoms with E-state index in [1.54, 1.807) is 0 Å². The maximum absolute atomic E-state index is 12.4. The first-order valence-electron chi connectivity index (χ1n) is 18.0. The Morgan fingerprint density at radius 3 is 1.39 bits per heavy atom. The van der Waals surface area contributed by atoms with Crippen molar-refractivity contribution in [1.82, 2.24) is 0 Å². The van der Waals surface area contributed by atoms with Gasteiger partial charge in [0, 0.05) is 19.4 Å². The minimum absolute atomic E-state index is 0.0571. The van der Waals surface area contributed by atoms with Crippen molar-refractivity contribution >= 4 is 19.8 Å². The minimum Gasteiger partial charge on any atom is -0.462 e. The van der Waals surface area contributed by atoms with E-state index in [-0.39, 0.29) is 32.6 Å². The molecule has 0 aliphatic rings. The Morgan fingerprint density at radius 2 is 0.977 bits per heavy atom. The van der Waals surface area contributed by atoms with Crippen LogP contribution >= 0.6 is 7.82 Å². The molecule has 3 N–H and O–H groups in total. The first-order chi connectivity index (χ1) is 21.3. The monoisotopic (exact) mass is 649 g/mol. The number of unbranched alkanes of at least 4 members (excludes halogenated alkanes) is 21. The molecule has 0 rings (SSSR count). The quantitative estimate of drug-likeness (QED) is 0.0397. The summed E-state index contributed by atoms with van der Waals surface area (Å²) in [6.45, 7) is 3.64. The van der Waals surface area contributed by atoms with Crippen LogP contribution in [0.4, 0.5) is 0 Å². The minimum atomic E-state index is -4.35. The summed E-state index contributed by atoms with van der Waals surface area (Å²) in [6.07, 6.45) is 27.5. The number of rotatable bonds is 34. The highest BCUT2D eigenvalue weighted by atomic mass is 31.2. The molecule has 0 saturated carbocycles. The van der Waals surface area contributed by atoms with Crippen LogP contribution in [0.2, 0.25) is 0 Å². The Bertz CT molecular complexity index is 709. The Kier molecular flexibility index (Phi) is 31.3. The normalized spacial score (nSPS) is 13.5. The first kappa shape index (κ1) is 43.0. The Hall–Kier alpha value is -0.990. The van der Waals surface area contributed by atoms with Gasteiger partial charge in [-0.1, -0.05) is 149 Å². The van der Waals surface area contributed by atoms with Gasteiger partial charge in [0.05, 0.1) is 13.2 Å². The van der Waals surface area contributed by atoms with Crippen LogP contribution in [-0.4, -0.2) is 49.3 Å². The number of carbonyl (C=O) groups is 2. The van der Waals surface area contributed by atoms with Gasteiger partial charge in [0.2, 0.25) is 0 Å². The van der Waals surface area contributed by atoms with E-state index in [1.807, 2.05) is 0 Å². The standard InChI is InChI=1S/C34H68NO8P/c1-3-5-7-9-10-11-12-13-14-15-16-17-18-19-20-21-23-25-27-34(37)43-32(31-42-44(38,39)41-29-28-35)30-40-33(36)26-24-22-8-6-4-2/h32H,3-31,35H2,1-2H3,(H,38,39). The second-order valence-electron chi connectivity index (χ2n) is 12.1. The van der Waals surface area contributed by atoms with Crippen molar-refractivity contribution in [2.24, 2.45) is 5.73 Å². The summed E-state index contributed by atoms with van der Waals surface area (Å²) < 4.78 is 32.4. The third-order valence-electron chi connectivity index (χ3n) is 7.74. The van der Waals surface area contributed by atoms with E-state index in [0.717, 1.165) is 44.9 Å². The summed E-state index contributed by atoms with van der Waals surface area (Å²) in [5.74, 6) is -0.834. The molecule has 0 fully saturated rings. The molecule has 0 bridgehead atoms. The van der Waals surface area contributed by atoms with Crippen molar-refractivity contribution in [2.45, 2.75) is 180 Å². The summed E-state index contributed by atoms with van der Waals surface area (Å²) in [6, 6.07) is 0.